The molecule has 0 saturated heterocycles. The van der Waals surface area contributed by atoms with Gasteiger partial charge in [0.25, 0.3) is 5.91 Å². The van der Waals surface area contributed by atoms with E-state index in [0.717, 1.165) is 16.7 Å². The van der Waals surface area contributed by atoms with Gasteiger partial charge in [-0.15, -0.1) is 6.58 Å². The number of nitrogens with zero attached hydrogens (tertiary/aromatic N) is 1. The van der Waals surface area contributed by atoms with Gasteiger partial charge >= 0.3 is 0 Å². The summed E-state index contributed by atoms with van der Waals surface area (Å²) in [7, 11) is 0. The van der Waals surface area contributed by atoms with Crippen LogP contribution in [0.25, 0.3) is 0 Å². The normalized spacial score (nSPS) is 10.6. The molecule has 0 aliphatic carbocycles. The van der Waals surface area contributed by atoms with Crippen molar-refractivity contribution in [1.29, 1.82) is 0 Å². The van der Waals surface area contributed by atoms with E-state index in [0.29, 0.717) is 41.9 Å². The van der Waals surface area contributed by atoms with E-state index in [2.05, 4.69) is 17.1 Å². The number of allylic oxidation sites excluding steroid dienone is 1. The lowest BCUT2D eigenvalue weighted by atomic mass is 10.1. The number of hydrogen-bond donors (Lipinski definition) is 1. The molecule has 0 atom stereocenters. The molecule has 0 aromatic heterocycles. The van der Waals surface area contributed by atoms with Crippen LogP contribution in [0.2, 0.25) is 5.02 Å². The fourth-order valence-electron chi connectivity index (χ4n) is 3.06. The predicted molar refractivity (Wildman–Crippen MR) is 135 cm³/mol. The number of rotatable bonds is 12. The molecule has 0 bridgehead atoms. The minimum absolute atomic E-state index is 0.146. The van der Waals surface area contributed by atoms with E-state index in [4.69, 9.17) is 25.8 Å². The van der Waals surface area contributed by atoms with E-state index in [1.54, 1.807) is 12.1 Å². The number of benzene rings is 3. The summed E-state index contributed by atoms with van der Waals surface area (Å²) >= 11 is 5.93. The standard InChI is InChI=1S/C27H27ClN2O4/c1-3-7-22-8-5-6-9-24(22)34-19-27(31)30-29-17-21-12-15-25(26(16-21)32-4-2)33-18-20-10-13-23(28)14-11-20/h3,5-6,8-17H,1,4,7,18-19H2,2H3,(H,30,31). The van der Waals surface area contributed by atoms with Gasteiger partial charge in [0.1, 0.15) is 12.4 Å². The molecule has 1 N–H and O–H groups in total. The van der Waals surface area contributed by atoms with Crippen LogP contribution in [0.4, 0.5) is 0 Å². The van der Waals surface area contributed by atoms with E-state index in [-0.39, 0.29) is 12.5 Å². The van der Waals surface area contributed by atoms with Crippen molar-refractivity contribution in [2.75, 3.05) is 13.2 Å². The van der Waals surface area contributed by atoms with Crippen molar-refractivity contribution in [2.45, 2.75) is 20.0 Å². The molecule has 3 aromatic carbocycles. The first-order valence-electron chi connectivity index (χ1n) is 10.9. The molecule has 3 rings (SSSR count). The lowest BCUT2D eigenvalue weighted by molar-refractivity contribution is -0.123. The fourth-order valence-corrected chi connectivity index (χ4v) is 3.18. The van der Waals surface area contributed by atoms with Gasteiger partial charge in [0, 0.05) is 5.02 Å². The Balaban J connectivity index is 1.55. The van der Waals surface area contributed by atoms with Gasteiger partial charge in [-0.1, -0.05) is 48.0 Å². The summed E-state index contributed by atoms with van der Waals surface area (Å²) in [6, 6.07) is 20.4. The molecule has 0 fully saturated rings. The average molecular weight is 479 g/mol. The Morgan fingerprint density at radius 3 is 2.56 bits per heavy atom. The quantitative estimate of drug-likeness (QED) is 0.210. The monoisotopic (exact) mass is 478 g/mol. The summed E-state index contributed by atoms with van der Waals surface area (Å²) in [5, 5.41) is 4.69. The molecule has 34 heavy (non-hydrogen) atoms. The SMILES string of the molecule is C=CCc1ccccc1OCC(=O)NN=Cc1ccc(OCc2ccc(Cl)cc2)c(OCC)c1. The maximum absolute atomic E-state index is 12.1. The van der Waals surface area contributed by atoms with Crippen molar-refractivity contribution < 1.29 is 19.0 Å². The summed E-state index contributed by atoms with van der Waals surface area (Å²) in [5.74, 6) is 1.49. The minimum Gasteiger partial charge on any atom is -0.490 e. The summed E-state index contributed by atoms with van der Waals surface area (Å²) in [6.07, 6.45) is 3.99. The maximum atomic E-state index is 12.1. The second-order valence-electron chi connectivity index (χ2n) is 7.24. The molecule has 7 heteroatoms. The summed E-state index contributed by atoms with van der Waals surface area (Å²) < 4.78 is 17.2. The highest BCUT2D eigenvalue weighted by Crippen LogP contribution is 2.29. The van der Waals surface area contributed by atoms with Crippen LogP contribution in [-0.2, 0) is 17.8 Å². The zero-order valence-corrected chi connectivity index (χ0v) is 19.8. The Labute approximate surface area is 204 Å². The maximum Gasteiger partial charge on any atom is 0.277 e. The Kier molecular flexibility index (Phi) is 9.55. The number of ether oxygens (including phenoxy) is 3. The number of halogens is 1. The lowest BCUT2D eigenvalue weighted by Gasteiger charge is -2.12. The van der Waals surface area contributed by atoms with Crippen LogP contribution in [0, 0.1) is 0 Å². The van der Waals surface area contributed by atoms with Gasteiger partial charge in [0.15, 0.2) is 18.1 Å². The number of hydrogen-bond acceptors (Lipinski definition) is 5. The molecule has 0 heterocycles. The van der Waals surface area contributed by atoms with Crippen LogP contribution in [0.3, 0.4) is 0 Å². The topological polar surface area (TPSA) is 69.2 Å². The third kappa shape index (κ3) is 7.67. The molecule has 0 unspecified atom stereocenters. The van der Waals surface area contributed by atoms with E-state index in [1.165, 1.54) is 6.21 Å². The van der Waals surface area contributed by atoms with Gasteiger partial charge in [0.05, 0.1) is 12.8 Å². The van der Waals surface area contributed by atoms with Gasteiger partial charge in [-0.05, 0) is 66.4 Å². The third-order valence-electron chi connectivity index (χ3n) is 4.67. The van der Waals surface area contributed by atoms with Gasteiger partial charge < -0.3 is 14.2 Å². The van der Waals surface area contributed by atoms with Gasteiger partial charge in [-0.3, -0.25) is 4.79 Å². The smallest absolute Gasteiger partial charge is 0.277 e. The molecule has 1 amide bonds. The van der Waals surface area contributed by atoms with Gasteiger partial charge in [0.2, 0.25) is 0 Å². The zero-order chi connectivity index (χ0) is 24.2. The number of carbonyl (C=O) groups is 1. The minimum atomic E-state index is -0.363. The molecular formula is C27H27ClN2O4. The van der Waals surface area contributed by atoms with E-state index in [1.807, 2.05) is 67.6 Å². The first-order chi connectivity index (χ1) is 16.6. The molecule has 0 aliphatic heterocycles. The van der Waals surface area contributed by atoms with Crippen LogP contribution in [0.5, 0.6) is 17.2 Å². The Bertz CT molecular complexity index is 1130. The molecule has 0 radical (unpaired) electrons. The fraction of sp³-hybridized carbons (Fsp3) is 0.185. The molecule has 176 valence electrons. The van der Waals surface area contributed by atoms with E-state index < -0.39 is 0 Å². The largest absolute Gasteiger partial charge is 0.490 e. The number of para-hydroxylation sites is 1. The molecule has 3 aromatic rings. The third-order valence-corrected chi connectivity index (χ3v) is 4.93. The number of amides is 1. The van der Waals surface area contributed by atoms with Crippen LogP contribution < -0.4 is 19.6 Å². The molecule has 0 spiro atoms. The van der Waals surface area contributed by atoms with Crippen molar-refractivity contribution in [3.8, 4) is 17.2 Å². The van der Waals surface area contributed by atoms with Crippen molar-refractivity contribution in [1.82, 2.24) is 5.43 Å². The van der Waals surface area contributed by atoms with Crippen LogP contribution in [0.1, 0.15) is 23.6 Å². The van der Waals surface area contributed by atoms with Crippen molar-refractivity contribution in [3.05, 3.63) is 101 Å². The van der Waals surface area contributed by atoms with Crippen LogP contribution in [0.15, 0.2) is 84.5 Å². The lowest BCUT2D eigenvalue weighted by Crippen LogP contribution is -2.24. The average Bonchev–Trinajstić information content (AvgIpc) is 2.84. The summed E-state index contributed by atoms with van der Waals surface area (Å²) in [4.78, 5) is 12.1. The first-order valence-corrected chi connectivity index (χ1v) is 11.2. The summed E-state index contributed by atoms with van der Waals surface area (Å²) in [5.41, 5.74) is 5.19. The van der Waals surface area contributed by atoms with Crippen molar-refractivity contribution in [3.63, 3.8) is 0 Å². The summed E-state index contributed by atoms with van der Waals surface area (Å²) in [6.45, 7) is 6.36. The second-order valence-corrected chi connectivity index (χ2v) is 7.67. The molecule has 6 nitrogen and oxygen atoms in total. The van der Waals surface area contributed by atoms with E-state index in [9.17, 15) is 4.79 Å². The van der Waals surface area contributed by atoms with Gasteiger partial charge in [-0.25, -0.2) is 5.43 Å². The Hall–Kier alpha value is -3.77. The number of hydrazone groups is 1. The zero-order valence-electron chi connectivity index (χ0n) is 19.0. The molecule has 0 aliphatic rings. The Morgan fingerprint density at radius 2 is 1.79 bits per heavy atom. The second kappa shape index (κ2) is 13.1. The molecule has 0 saturated carbocycles. The van der Waals surface area contributed by atoms with Crippen LogP contribution in [-0.4, -0.2) is 25.3 Å². The first kappa shape index (κ1) is 24.9. The predicted octanol–water partition coefficient (Wildman–Crippen LogP) is 5.58. The highest BCUT2D eigenvalue weighted by atomic mass is 35.5. The number of carbonyl (C=O) groups excluding carboxylic acids is 1. The van der Waals surface area contributed by atoms with Gasteiger partial charge in [-0.2, -0.15) is 5.10 Å². The van der Waals surface area contributed by atoms with Crippen molar-refractivity contribution >= 4 is 23.7 Å². The number of nitrogens with one attached hydrogen (secondary N) is 1. The molecular weight excluding hydrogens is 452 g/mol. The highest BCUT2D eigenvalue weighted by Gasteiger charge is 2.08. The highest BCUT2D eigenvalue weighted by molar-refractivity contribution is 6.30. The van der Waals surface area contributed by atoms with E-state index >= 15 is 0 Å². The Morgan fingerprint density at radius 1 is 1.00 bits per heavy atom. The van der Waals surface area contributed by atoms with Crippen molar-refractivity contribution in [2.24, 2.45) is 5.10 Å². The van der Waals surface area contributed by atoms with Crippen LogP contribution >= 0.6 is 11.6 Å².